The predicted octanol–water partition coefficient (Wildman–Crippen LogP) is 3.19. The molecule has 4 heteroatoms. The molecule has 0 aliphatic rings. The lowest BCUT2D eigenvalue weighted by atomic mass is 10.2. The van der Waals surface area contributed by atoms with Crippen LogP contribution in [0.15, 0.2) is 22.7 Å². The Morgan fingerprint density at radius 2 is 2.24 bits per heavy atom. The Kier molecular flexibility index (Phi) is 6.03. The van der Waals surface area contributed by atoms with E-state index in [0.29, 0.717) is 6.42 Å². The summed E-state index contributed by atoms with van der Waals surface area (Å²) in [7, 11) is 1.66. The Bertz CT molecular complexity index is 401. The second kappa shape index (κ2) is 7.31. The maximum Gasteiger partial charge on any atom is 0.133 e. The van der Waals surface area contributed by atoms with Crippen molar-refractivity contribution in [1.82, 2.24) is 4.90 Å². The number of rotatable bonds is 6. The molecule has 0 spiro atoms. The van der Waals surface area contributed by atoms with Crippen LogP contribution in [0.5, 0.6) is 5.75 Å². The smallest absolute Gasteiger partial charge is 0.133 e. The highest BCUT2D eigenvalue weighted by Crippen LogP contribution is 2.26. The fraction of sp³-hybridized carbons (Fsp3) is 0.462. The zero-order chi connectivity index (χ0) is 12.7. The minimum atomic E-state index is 0.575. The highest BCUT2D eigenvalue weighted by molar-refractivity contribution is 9.10. The van der Waals surface area contributed by atoms with Crippen molar-refractivity contribution in [2.24, 2.45) is 0 Å². The first-order chi connectivity index (χ1) is 8.21. The first kappa shape index (κ1) is 14.0. The lowest BCUT2D eigenvalue weighted by Crippen LogP contribution is -2.23. The second-order valence-corrected chi connectivity index (χ2v) is 4.60. The van der Waals surface area contributed by atoms with Gasteiger partial charge in [-0.05, 0) is 40.2 Å². The van der Waals surface area contributed by atoms with Crippen molar-refractivity contribution in [1.29, 1.82) is 5.26 Å². The monoisotopic (exact) mass is 296 g/mol. The van der Waals surface area contributed by atoms with E-state index in [1.54, 1.807) is 7.11 Å². The van der Waals surface area contributed by atoms with Gasteiger partial charge in [0.25, 0.3) is 0 Å². The van der Waals surface area contributed by atoms with Crippen LogP contribution in [0.4, 0.5) is 0 Å². The van der Waals surface area contributed by atoms with Crippen molar-refractivity contribution in [3.8, 4) is 11.8 Å². The largest absolute Gasteiger partial charge is 0.496 e. The molecule has 1 rings (SSSR count). The fourth-order valence-corrected chi connectivity index (χ4v) is 2.21. The molecule has 0 saturated heterocycles. The van der Waals surface area contributed by atoms with E-state index in [9.17, 15) is 0 Å². The minimum absolute atomic E-state index is 0.575. The Hall–Kier alpha value is -1.05. The summed E-state index contributed by atoms with van der Waals surface area (Å²) in [5.74, 6) is 0.842. The molecule has 3 nitrogen and oxygen atoms in total. The van der Waals surface area contributed by atoms with Gasteiger partial charge in [0.1, 0.15) is 5.75 Å². The van der Waals surface area contributed by atoms with E-state index in [2.05, 4.69) is 46.0 Å². The normalized spacial score (nSPS) is 10.3. The van der Waals surface area contributed by atoms with Gasteiger partial charge in [0.05, 0.1) is 17.7 Å². The van der Waals surface area contributed by atoms with Crippen LogP contribution in [0.1, 0.15) is 18.9 Å². The van der Waals surface area contributed by atoms with Crippen LogP contribution in [0.3, 0.4) is 0 Å². The summed E-state index contributed by atoms with van der Waals surface area (Å²) in [5.41, 5.74) is 1.22. The van der Waals surface area contributed by atoms with Crippen molar-refractivity contribution in [3.05, 3.63) is 28.2 Å². The van der Waals surface area contributed by atoms with Gasteiger partial charge < -0.3 is 4.74 Å². The van der Waals surface area contributed by atoms with Crippen LogP contribution >= 0.6 is 15.9 Å². The SMILES string of the molecule is CCN(CCC#N)Cc1ccc(OC)c(Br)c1. The summed E-state index contributed by atoms with van der Waals surface area (Å²) in [6.07, 6.45) is 0.575. The van der Waals surface area contributed by atoms with Crippen LogP contribution in [-0.2, 0) is 6.54 Å². The third-order valence-corrected chi connectivity index (χ3v) is 3.23. The van der Waals surface area contributed by atoms with E-state index in [1.807, 2.05) is 6.07 Å². The minimum Gasteiger partial charge on any atom is -0.496 e. The number of halogens is 1. The van der Waals surface area contributed by atoms with Gasteiger partial charge in [0, 0.05) is 19.5 Å². The topological polar surface area (TPSA) is 36.3 Å². The molecule has 0 bridgehead atoms. The molecule has 0 aromatic heterocycles. The van der Waals surface area contributed by atoms with Gasteiger partial charge in [-0.25, -0.2) is 0 Å². The Balaban J connectivity index is 2.67. The Morgan fingerprint density at radius 3 is 2.76 bits per heavy atom. The van der Waals surface area contributed by atoms with Gasteiger partial charge in [-0.1, -0.05) is 13.0 Å². The van der Waals surface area contributed by atoms with Crippen molar-refractivity contribution >= 4 is 15.9 Å². The van der Waals surface area contributed by atoms with Crippen molar-refractivity contribution in [2.75, 3.05) is 20.2 Å². The highest BCUT2D eigenvalue weighted by Gasteiger charge is 2.06. The van der Waals surface area contributed by atoms with Gasteiger partial charge in [0.15, 0.2) is 0 Å². The number of nitriles is 1. The first-order valence-corrected chi connectivity index (χ1v) is 6.42. The number of ether oxygens (including phenoxy) is 1. The van der Waals surface area contributed by atoms with E-state index < -0.39 is 0 Å². The molecule has 1 aromatic carbocycles. The number of hydrogen-bond donors (Lipinski definition) is 0. The molecule has 92 valence electrons. The van der Waals surface area contributed by atoms with E-state index >= 15 is 0 Å². The van der Waals surface area contributed by atoms with E-state index in [1.165, 1.54) is 5.56 Å². The molecule has 0 radical (unpaired) electrons. The number of methoxy groups -OCH3 is 1. The Labute approximate surface area is 111 Å². The van der Waals surface area contributed by atoms with Gasteiger partial charge in [-0.2, -0.15) is 5.26 Å². The lowest BCUT2D eigenvalue weighted by Gasteiger charge is -2.19. The highest BCUT2D eigenvalue weighted by atomic mass is 79.9. The molecule has 0 fully saturated rings. The third kappa shape index (κ3) is 4.37. The third-order valence-electron chi connectivity index (χ3n) is 2.61. The van der Waals surface area contributed by atoms with Crippen molar-refractivity contribution < 1.29 is 4.74 Å². The molecule has 0 heterocycles. The molecular weight excluding hydrogens is 280 g/mol. The molecule has 0 aliphatic heterocycles. The molecule has 0 aliphatic carbocycles. The summed E-state index contributed by atoms with van der Waals surface area (Å²) in [4.78, 5) is 2.25. The zero-order valence-electron chi connectivity index (χ0n) is 10.2. The van der Waals surface area contributed by atoms with Gasteiger partial charge in [0.2, 0.25) is 0 Å². The molecular formula is C13H17BrN2O. The number of benzene rings is 1. The summed E-state index contributed by atoms with van der Waals surface area (Å²) >= 11 is 3.48. The van der Waals surface area contributed by atoms with Crippen LogP contribution < -0.4 is 4.74 Å². The molecule has 0 unspecified atom stereocenters. The zero-order valence-corrected chi connectivity index (χ0v) is 11.8. The standard InChI is InChI=1S/C13H17BrN2O/c1-3-16(8-4-7-15)10-11-5-6-13(17-2)12(14)9-11/h5-6,9H,3-4,8,10H2,1-2H3. The van der Waals surface area contributed by atoms with Crippen LogP contribution in [0, 0.1) is 11.3 Å². The summed E-state index contributed by atoms with van der Waals surface area (Å²) < 4.78 is 6.16. The molecule has 0 amide bonds. The Morgan fingerprint density at radius 1 is 1.47 bits per heavy atom. The maximum atomic E-state index is 8.59. The van der Waals surface area contributed by atoms with Gasteiger partial charge >= 0.3 is 0 Å². The molecule has 0 N–H and O–H groups in total. The van der Waals surface area contributed by atoms with Crippen LogP contribution in [0.2, 0.25) is 0 Å². The number of hydrogen-bond acceptors (Lipinski definition) is 3. The maximum absolute atomic E-state index is 8.59. The average Bonchev–Trinajstić information content (AvgIpc) is 2.34. The molecule has 17 heavy (non-hydrogen) atoms. The average molecular weight is 297 g/mol. The summed E-state index contributed by atoms with van der Waals surface area (Å²) in [6.45, 7) is 4.73. The summed E-state index contributed by atoms with van der Waals surface area (Å²) in [6, 6.07) is 8.25. The predicted molar refractivity (Wildman–Crippen MR) is 71.9 cm³/mol. The fourth-order valence-electron chi connectivity index (χ4n) is 1.62. The number of nitrogens with zero attached hydrogens (tertiary/aromatic N) is 2. The molecule has 0 saturated carbocycles. The summed E-state index contributed by atoms with van der Waals surface area (Å²) in [5, 5.41) is 8.59. The van der Waals surface area contributed by atoms with E-state index in [-0.39, 0.29) is 0 Å². The second-order valence-electron chi connectivity index (χ2n) is 3.75. The molecule has 1 aromatic rings. The molecule has 0 atom stereocenters. The van der Waals surface area contributed by atoms with E-state index in [0.717, 1.165) is 29.9 Å². The quantitative estimate of drug-likeness (QED) is 0.809. The first-order valence-electron chi connectivity index (χ1n) is 5.63. The van der Waals surface area contributed by atoms with E-state index in [4.69, 9.17) is 10.00 Å². The van der Waals surface area contributed by atoms with Crippen LogP contribution in [0.25, 0.3) is 0 Å². The van der Waals surface area contributed by atoms with Crippen molar-refractivity contribution in [2.45, 2.75) is 19.9 Å². The van der Waals surface area contributed by atoms with Crippen molar-refractivity contribution in [3.63, 3.8) is 0 Å². The van der Waals surface area contributed by atoms with Gasteiger partial charge in [-0.15, -0.1) is 0 Å². The van der Waals surface area contributed by atoms with Gasteiger partial charge in [-0.3, -0.25) is 4.90 Å². The van der Waals surface area contributed by atoms with Crippen LogP contribution in [-0.4, -0.2) is 25.1 Å². The lowest BCUT2D eigenvalue weighted by molar-refractivity contribution is 0.286.